The maximum atomic E-state index is 11.0. The lowest BCUT2D eigenvalue weighted by Crippen LogP contribution is -2.15. The molecule has 0 saturated carbocycles. The van der Waals surface area contributed by atoms with Crippen molar-refractivity contribution in [3.8, 4) is 0 Å². The highest BCUT2D eigenvalue weighted by molar-refractivity contribution is 7.09. The largest absolute Gasteiger partial charge is 0.476 e. The highest BCUT2D eigenvalue weighted by Gasteiger charge is 2.18. The van der Waals surface area contributed by atoms with Gasteiger partial charge in [-0.2, -0.15) is 0 Å². The first-order chi connectivity index (χ1) is 8.72. The second-order valence-electron chi connectivity index (χ2n) is 3.53. The number of hydrogen-bond donors (Lipinski definition) is 2. The summed E-state index contributed by atoms with van der Waals surface area (Å²) in [6, 6.07) is -0.0557. The molecule has 94 valence electrons. The molecule has 2 rings (SSSR count). The minimum atomic E-state index is -1.10. The molecule has 0 aromatic carbocycles. The fourth-order valence-electron chi connectivity index (χ4n) is 1.51. The Balaban J connectivity index is 2.25. The van der Waals surface area contributed by atoms with Crippen molar-refractivity contribution in [1.82, 2.24) is 15.0 Å². The molecule has 2 aromatic heterocycles. The SMILES string of the molecule is CCC(Nc1nccnc1C(=O)O)c1nccs1. The second-order valence-corrected chi connectivity index (χ2v) is 4.46. The molecule has 0 spiro atoms. The fraction of sp³-hybridized carbons (Fsp3) is 0.273. The van der Waals surface area contributed by atoms with Gasteiger partial charge in [-0.05, 0) is 6.42 Å². The van der Waals surface area contributed by atoms with E-state index < -0.39 is 5.97 Å². The zero-order chi connectivity index (χ0) is 13.0. The third kappa shape index (κ3) is 2.62. The van der Waals surface area contributed by atoms with E-state index in [-0.39, 0.29) is 17.6 Å². The van der Waals surface area contributed by atoms with Gasteiger partial charge in [-0.15, -0.1) is 11.3 Å². The number of anilines is 1. The van der Waals surface area contributed by atoms with Gasteiger partial charge in [-0.25, -0.2) is 19.7 Å². The number of carboxylic acid groups (broad SMARTS) is 1. The predicted octanol–water partition coefficient (Wildman–Crippen LogP) is 2.19. The van der Waals surface area contributed by atoms with Gasteiger partial charge in [0, 0.05) is 24.0 Å². The van der Waals surface area contributed by atoms with Crippen molar-refractivity contribution in [2.45, 2.75) is 19.4 Å². The van der Waals surface area contributed by atoms with Crippen LogP contribution < -0.4 is 5.32 Å². The van der Waals surface area contributed by atoms with Gasteiger partial charge in [0.05, 0.1) is 6.04 Å². The molecule has 7 heteroatoms. The summed E-state index contributed by atoms with van der Waals surface area (Å²) in [5.74, 6) is -0.827. The Morgan fingerprint density at radius 3 is 2.78 bits per heavy atom. The predicted molar refractivity (Wildman–Crippen MR) is 67.8 cm³/mol. The molecule has 0 amide bonds. The van der Waals surface area contributed by atoms with E-state index in [2.05, 4.69) is 20.3 Å². The highest BCUT2D eigenvalue weighted by atomic mass is 32.1. The number of aromatic nitrogens is 3. The summed E-state index contributed by atoms with van der Waals surface area (Å²) < 4.78 is 0. The van der Waals surface area contributed by atoms with E-state index >= 15 is 0 Å². The molecule has 6 nitrogen and oxygen atoms in total. The number of aromatic carboxylic acids is 1. The average Bonchev–Trinajstić information content (AvgIpc) is 2.90. The first-order valence-electron chi connectivity index (χ1n) is 5.42. The number of thiazole rings is 1. The molecule has 0 aliphatic heterocycles. The third-order valence-corrected chi connectivity index (χ3v) is 3.26. The number of hydrogen-bond acceptors (Lipinski definition) is 6. The molecular formula is C11H12N4O2S. The Labute approximate surface area is 108 Å². The molecule has 0 fully saturated rings. The number of carboxylic acids is 1. The minimum absolute atomic E-state index is 0.0557. The monoisotopic (exact) mass is 264 g/mol. The smallest absolute Gasteiger partial charge is 0.358 e. The summed E-state index contributed by atoms with van der Waals surface area (Å²) in [4.78, 5) is 23.1. The van der Waals surface area contributed by atoms with Gasteiger partial charge in [0.15, 0.2) is 11.5 Å². The van der Waals surface area contributed by atoms with E-state index in [4.69, 9.17) is 5.11 Å². The van der Waals surface area contributed by atoms with Gasteiger partial charge in [0.2, 0.25) is 0 Å². The summed E-state index contributed by atoms with van der Waals surface area (Å²) in [7, 11) is 0. The van der Waals surface area contributed by atoms with Crippen molar-refractivity contribution in [2.75, 3.05) is 5.32 Å². The molecule has 2 aromatic rings. The molecule has 1 atom stereocenters. The maximum absolute atomic E-state index is 11.0. The number of rotatable bonds is 5. The van der Waals surface area contributed by atoms with Crippen LogP contribution in [0.25, 0.3) is 0 Å². The van der Waals surface area contributed by atoms with Crippen molar-refractivity contribution in [3.63, 3.8) is 0 Å². The maximum Gasteiger partial charge on any atom is 0.358 e. The summed E-state index contributed by atoms with van der Waals surface area (Å²) in [5.41, 5.74) is -0.0764. The van der Waals surface area contributed by atoms with Crippen molar-refractivity contribution in [2.24, 2.45) is 0 Å². The number of carbonyl (C=O) groups is 1. The van der Waals surface area contributed by atoms with Crippen LogP contribution in [0.15, 0.2) is 24.0 Å². The van der Waals surface area contributed by atoms with Crippen LogP contribution in [0.5, 0.6) is 0 Å². The van der Waals surface area contributed by atoms with E-state index in [0.717, 1.165) is 11.4 Å². The van der Waals surface area contributed by atoms with Gasteiger partial charge in [-0.1, -0.05) is 6.92 Å². The molecule has 2 heterocycles. The van der Waals surface area contributed by atoms with Crippen molar-refractivity contribution >= 4 is 23.1 Å². The fourth-order valence-corrected chi connectivity index (χ4v) is 2.28. The summed E-state index contributed by atoms with van der Waals surface area (Å²) >= 11 is 1.52. The van der Waals surface area contributed by atoms with Crippen molar-refractivity contribution < 1.29 is 9.90 Å². The summed E-state index contributed by atoms with van der Waals surface area (Å²) in [6.45, 7) is 2.00. The lowest BCUT2D eigenvalue weighted by Gasteiger charge is -2.15. The minimum Gasteiger partial charge on any atom is -0.476 e. The Hall–Kier alpha value is -2.02. The van der Waals surface area contributed by atoms with Gasteiger partial charge in [0.25, 0.3) is 0 Å². The Bertz CT molecular complexity index is 530. The van der Waals surface area contributed by atoms with Crippen LogP contribution in [0.1, 0.15) is 34.9 Å². The molecule has 0 saturated heterocycles. The molecule has 0 aliphatic carbocycles. The van der Waals surface area contributed by atoms with E-state index in [9.17, 15) is 4.79 Å². The van der Waals surface area contributed by atoms with Crippen molar-refractivity contribution in [3.05, 3.63) is 34.7 Å². The normalized spacial score (nSPS) is 12.1. The quantitative estimate of drug-likeness (QED) is 0.860. The van der Waals surface area contributed by atoms with Gasteiger partial charge in [0.1, 0.15) is 5.01 Å². The highest BCUT2D eigenvalue weighted by Crippen LogP contribution is 2.24. The molecule has 0 aliphatic rings. The van der Waals surface area contributed by atoms with Crippen LogP contribution in [-0.4, -0.2) is 26.0 Å². The van der Waals surface area contributed by atoms with E-state index in [1.54, 1.807) is 6.20 Å². The van der Waals surface area contributed by atoms with E-state index in [0.29, 0.717) is 0 Å². The van der Waals surface area contributed by atoms with Crippen molar-refractivity contribution in [1.29, 1.82) is 0 Å². The zero-order valence-electron chi connectivity index (χ0n) is 9.70. The third-order valence-electron chi connectivity index (χ3n) is 2.37. The Morgan fingerprint density at radius 1 is 1.39 bits per heavy atom. The van der Waals surface area contributed by atoms with E-state index in [1.165, 1.54) is 23.7 Å². The average molecular weight is 264 g/mol. The summed E-state index contributed by atoms with van der Waals surface area (Å²) in [6.07, 6.45) is 5.32. The first kappa shape index (κ1) is 12.4. The van der Waals surface area contributed by atoms with Crippen LogP contribution in [0.3, 0.4) is 0 Å². The standard InChI is InChI=1S/C11H12N4O2S/c1-2-7(10-14-5-6-18-10)15-9-8(11(16)17)12-3-4-13-9/h3-7H,2H2,1H3,(H,13,15)(H,16,17). The van der Waals surface area contributed by atoms with Crippen LogP contribution in [0, 0.1) is 0 Å². The molecule has 2 N–H and O–H groups in total. The molecule has 1 unspecified atom stereocenters. The Kier molecular flexibility index (Phi) is 3.83. The molecule has 0 radical (unpaired) electrons. The lowest BCUT2D eigenvalue weighted by molar-refractivity contribution is 0.0691. The number of nitrogens with one attached hydrogen (secondary N) is 1. The first-order valence-corrected chi connectivity index (χ1v) is 6.30. The van der Waals surface area contributed by atoms with Crippen LogP contribution in [0.4, 0.5) is 5.82 Å². The topological polar surface area (TPSA) is 88.0 Å². The Morgan fingerprint density at radius 2 is 2.17 bits per heavy atom. The van der Waals surface area contributed by atoms with Crippen LogP contribution >= 0.6 is 11.3 Å². The molecule has 0 bridgehead atoms. The van der Waals surface area contributed by atoms with Crippen LogP contribution in [-0.2, 0) is 0 Å². The molecular weight excluding hydrogens is 252 g/mol. The zero-order valence-corrected chi connectivity index (χ0v) is 10.5. The van der Waals surface area contributed by atoms with E-state index in [1.807, 2.05) is 12.3 Å². The number of nitrogens with zero attached hydrogens (tertiary/aromatic N) is 3. The second kappa shape index (κ2) is 5.54. The van der Waals surface area contributed by atoms with Gasteiger partial charge in [-0.3, -0.25) is 0 Å². The lowest BCUT2D eigenvalue weighted by atomic mass is 10.2. The van der Waals surface area contributed by atoms with Crippen LogP contribution in [0.2, 0.25) is 0 Å². The molecule has 18 heavy (non-hydrogen) atoms. The van der Waals surface area contributed by atoms with Gasteiger partial charge < -0.3 is 10.4 Å². The van der Waals surface area contributed by atoms with Gasteiger partial charge >= 0.3 is 5.97 Å². The summed E-state index contributed by atoms with van der Waals surface area (Å²) in [5, 5.41) is 14.9.